The van der Waals surface area contributed by atoms with Crippen molar-refractivity contribution in [2.45, 2.75) is 45.5 Å². The average Bonchev–Trinajstić information content (AvgIpc) is 2.76. The zero-order valence-electron chi connectivity index (χ0n) is 12.6. The number of rotatable bonds is 4. The Morgan fingerprint density at radius 1 is 1.55 bits per heavy atom. The van der Waals surface area contributed by atoms with Crippen LogP contribution in [0.2, 0.25) is 0 Å². The minimum absolute atomic E-state index is 0.125. The molecule has 1 aliphatic heterocycles. The minimum Gasteiger partial charge on any atom is -0.353 e. The van der Waals surface area contributed by atoms with Gasteiger partial charge < -0.3 is 5.32 Å². The van der Waals surface area contributed by atoms with E-state index in [9.17, 15) is 18.0 Å². The molecule has 1 amide bonds. The predicted molar refractivity (Wildman–Crippen MR) is 78.5 cm³/mol. The highest BCUT2D eigenvalue weighted by atomic mass is 32.1. The summed E-state index contributed by atoms with van der Waals surface area (Å²) in [6.07, 6.45) is -3.32. The molecule has 124 valence electrons. The number of carbonyl (C=O) groups excluding carboxylic acids is 1. The van der Waals surface area contributed by atoms with Gasteiger partial charge in [-0.1, -0.05) is 6.92 Å². The fraction of sp³-hybridized carbons (Fsp3) is 0.714. The number of amides is 1. The van der Waals surface area contributed by atoms with Crippen molar-refractivity contribution in [2.75, 3.05) is 13.1 Å². The molecule has 1 saturated heterocycles. The van der Waals surface area contributed by atoms with Crippen LogP contribution in [0.1, 0.15) is 29.7 Å². The Kier molecular flexibility index (Phi) is 5.44. The monoisotopic (exact) mass is 335 g/mol. The fourth-order valence-electron chi connectivity index (χ4n) is 2.73. The van der Waals surface area contributed by atoms with E-state index in [0.29, 0.717) is 6.42 Å². The topological polar surface area (TPSA) is 45.2 Å². The molecule has 0 saturated carbocycles. The Hall–Kier alpha value is -1.15. The van der Waals surface area contributed by atoms with Crippen LogP contribution in [0.4, 0.5) is 13.2 Å². The molecule has 1 aromatic rings. The smallest absolute Gasteiger partial charge is 0.353 e. The number of nitrogens with zero attached hydrogens (tertiary/aromatic N) is 2. The van der Waals surface area contributed by atoms with E-state index in [1.54, 1.807) is 11.3 Å². The predicted octanol–water partition coefficient (Wildman–Crippen LogP) is 2.73. The minimum atomic E-state index is -4.45. The third-order valence-corrected chi connectivity index (χ3v) is 4.64. The zero-order chi connectivity index (χ0) is 16.3. The molecular weight excluding hydrogens is 315 g/mol. The summed E-state index contributed by atoms with van der Waals surface area (Å²) in [6, 6.07) is -0.186. The van der Waals surface area contributed by atoms with Crippen LogP contribution in [0.25, 0.3) is 0 Å². The highest BCUT2D eigenvalue weighted by Gasteiger charge is 2.34. The second-order valence-corrected chi connectivity index (χ2v) is 7.13. The molecule has 2 rings (SSSR count). The first-order valence-electron chi connectivity index (χ1n) is 7.22. The first-order valence-corrected chi connectivity index (χ1v) is 8.04. The number of nitrogens with one attached hydrogen (secondary N) is 1. The van der Waals surface area contributed by atoms with E-state index in [-0.39, 0.29) is 12.0 Å². The largest absolute Gasteiger partial charge is 0.397 e. The second kappa shape index (κ2) is 6.95. The molecule has 0 aliphatic carbocycles. The molecule has 0 radical (unpaired) electrons. The van der Waals surface area contributed by atoms with E-state index < -0.39 is 18.5 Å². The Morgan fingerprint density at radius 2 is 2.27 bits per heavy atom. The van der Waals surface area contributed by atoms with Crippen LogP contribution in [-0.2, 0) is 11.3 Å². The van der Waals surface area contributed by atoms with E-state index in [4.69, 9.17) is 0 Å². The lowest BCUT2D eigenvalue weighted by atomic mass is 9.93. The number of aryl methyl sites for hydroxylation is 1. The molecular formula is C14H20F3N3OS. The molecule has 0 bridgehead atoms. The summed E-state index contributed by atoms with van der Waals surface area (Å²) >= 11 is 1.65. The number of halogens is 3. The maximum absolute atomic E-state index is 12.2. The van der Waals surface area contributed by atoms with E-state index in [1.807, 2.05) is 20.0 Å². The van der Waals surface area contributed by atoms with Gasteiger partial charge in [-0.3, -0.25) is 9.69 Å². The standard InChI is InChI=1S/C14H20F3N3OS/c1-9-7-20(8-11-6-18-10(2)22-11)4-3-12(9)19-13(21)5-14(15,16)17/h6,9,12H,3-5,7-8H2,1-2H3,(H,19,21)/t9-,12-/m1/s1. The van der Waals surface area contributed by atoms with Crippen LogP contribution in [0, 0.1) is 12.8 Å². The second-order valence-electron chi connectivity index (χ2n) is 5.81. The van der Waals surface area contributed by atoms with E-state index >= 15 is 0 Å². The number of likely N-dealkylation sites (tertiary alicyclic amines) is 1. The molecule has 1 fully saturated rings. The van der Waals surface area contributed by atoms with Gasteiger partial charge in [-0.05, 0) is 19.3 Å². The van der Waals surface area contributed by atoms with Crippen molar-refractivity contribution in [3.63, 3.8) is 0 Å². The van der Waals surface area contributed by atoms with Crippen LogP contribution in [0.15, 0.2) is 6.20 Å². The molecule has 1 N–H and O–H groups in total. The van der Waals surface area contributed by atoms with Crippen molar-refractivity contribution < 1.29 is 18.0 Å². The molecule has 8 heteroatoms. The van der Waals surface area contributed by atoms with Crippen molar-refractivity contribution in [2.24, 2.45) is 5.92 Å². The van der Waals surface area contributed by atoms with Gasteiger partial charge in [-0.15, -0.1) is 11.3 Å². The maximum atomic E-state index is 12.2. The van der Waals surface area contributed by atoms with Crippen LogP contribution < -0.4 is 5.32 Å². The van der Waals surface area contributed by atoms with Gasteiger partial charge >= 0.3 is 6.18 Å². The first kappa shape index (κ1) is 17.2. The SMILES string of the molecule is Cc1ncc(CN2CC[C@@H](NC(=O)CC(F)(F)F)[C@H](C)C2)s1. The van der Waals surface area contributed by atoms with E-state index in [0.717, 1.165) is 24.6 Å². The number of thiazole rings is 1. The maximum Gasteiger partial charge on any atom is 0.397 e. The summed E-state index contributed by atoms with van der Waals surface area (Å²) in [5.74, 6) is -0.809. The number of carbonyl (C=O) groups is 1. The quantitative estimate of drug-likeness (QED) is 0.920. The van der Waals surface area contributed by atoms with Gasteiger partial charge in [-0.25, -0.2) is 4.98 Å². The van der Waals surface area contributed by atoms with E-state index in [1.165, 1.54) is 4.88 Å². The lowest BCUT2D eigenvalue weighted by molar-refractivity contribution is -0.154. The number of alkyl halides is 3. The molecule has 22 heavy (non-hydrogen) atoms. The van der Waals surface area contributed by atoms with Gasteiger partial charge in [0.05, 0.1) is 5.01 Å². The third-order valence-electron chi connectivity index (χ3n) is 3.75. The van der Waals surface area contributed by atoms with Crippen LogP contribution >= 0.6 is 11.3 Å². The average molecular weight is 335 g/mol. The number of hydrogen-bond acceptors (Lipinski definition) is 4. The molecule has 4 nitrogen and oxygen atoms in total. The summed E-state index contributed by atoms with van der Waals surface area (Å²) in [5, 5.41) is 3.54. The lowest BCUT2D eigenvalue weighted by Gasteiger charge is -2.37. The summed E-state index contributed by atoms with van der Waals surface area (Å²) in [4.78, 5) is 19.1. The summed E-state index contributed by atoms with van der Waals surface area (Å²) < 4.78 is 36.6. The molecule has 1 aliphatic rings. The van der Waals surface area contributed by atoms with Crippen LogP contribution in [0.3, 0.4) is 0 Å². The fourth-order valence-corrected chi connectivity index (χ4v) is 3.57. The number of piperidine rings is 1. The Morgan fingerprint density at radius 3 is 2.82 bits per heavy atom. The highest BCUT2D eigenvalue weighted by molar-refractivity contribution is 7.11. The zero-order valence-corrected chi connectivity index (χ0v) is 13.4. The van der Waals surface area contributed by atoms with E-state index in [2.05, 4.69) is 15.2 Å². The molecule has 2 heterocycles. The summed E-state index contributed by atoms with van der Waals surface area (Å²) in [6.45, 7) is 6.24. The Bertz CT molecular complexity index is 518. The summed E-state index contributed by atoms with van der Waals surface area (Å²) in [5.41, 5.74) is 0. The van der Waals surface area contributed by atoms with Gasteiger partial charge in [0.1, 0.15) is 6.42 Å². The van der Waals surface area contributed by atoms with Crippen molar-refractivity contribution >= 4 is 17.2 Å². The van der Waals surface area contributed by atoms with Crippen LogP contribution in [0.5, 0.6) is 0 Å². The number of aromatic nitrogens is 1. The van der Waals surface area contributed by atoms with Gasteiger partial charge in [0, 0.05) is 36.8 Å². The lowest BCUT2D eigenvalue weighted by Crippen LogP contribution is -2.50. The molecule has 1 aromatic heterocycles. The normalized spacial score (nSPS) is 23.5. The summed E-state index contributed by atoms with van der Waals surface area (Å²) in [7, 11) is 0. The third kappa shape index (κ3) is 5.24. The van der Waals surface area contributed by atoms with Crippen LogP contribution in [-0.4, -0.2) is 41.1 Å². The van der Waals surface area contributed by atoms with Gasteiger partial charge in [0.15, 0.2) is 0 Å². The molecule has 2 atom stereocenters. The van der Waals surface area contributed by atoms with Gasteiger partial charge in [-0.2, -0.15) is 13.2 Å². The Balaban J connectivity index is 1.81. The van der Waals surface area contributed by atoms with Crippen molar-refractivity contribution in [3.8, 4) is 0 Å². The molecule has 0 unspecified atom stereocenters. The van der Waals surface area contributed by atoms with Crippen molar-refractivity contribution in [1.29, 1.82) is 0 Å². The molecule has 0 aromatic carbocycles. The van der Waals surface area contributed by atoms with Gasteiger partial charge in [0.2, 0.25) is 5.91 Å². The molecule has 0 spiro atoms. The first-order chi connectivity index (χ1) is 10.2. The van der Waals surface area contributed by atoms with Gasteiger partial charge in [0.25, 0.3) is 0 Å². The van der Waals surface area contributed by atoms with Crippen molar-refractivity contribution in [1.82, 2.24) is 15.2 Å². The Labute approximate surface area is 131 Å². The highest BCUT2D eigenvalue weighted by Crippen LogP contribution is 2.23. The van der Waals surface area contributed by atoms with Crippen molar-refractivity contribution in [3.05, 3.63) is 16.1 Å². The number of hydrogen-bond donors (Lipinski definition) is 1.